The normalized spacial score (nSPS) is 33.7. The number of hydrogen-bond donors (Lipinski definition) is 0. The molecule has 4 heteroatoms. The molecule has 4 nitrogen and oxygen atoms in total. The van der Waals surface area contributed by atoms with Crippen molar-refractivity contribution in [2.75, 3.05) is 26.4 Å². The Hall–Kier alpha value is -0.680. The van der Waals surface area contributed by atoms with Gasteiger partial charge in [-0.25, -0.2) is 0 Å². The van der Waals surface area contributed by atoms with Gasteiger partial charge in [-0.3, -0.25) is 0 Å². The van der Waals surface area contributed by atoms with Crippen LogP contribution in [0.2, 0.25) is 0 Å². The molecular formula is C15H20O4. The largest absolute Gasteiger partial charge is 0.412 e. The summed E-state index contributed by atoms with van der Waals surface area (Å²) in [7, 11) is 0. The standard InChI is InChI=1S/C15H20O4/c1-2-6-13(5-1)9-16-15(17-10-13)18-11-14(12-19-15)7-3-4-8-14/h1-4H,5-12H2. The molecule has 4 rings (SSSR count). The minimum absolute atomic E-state index is 0.113. The Balaban J connectivity index is 1.39. The fourth-order valence-electron chi connectivity index (χ4n) is 3.27. The molecule has 2 aliphatic heterocycles. The van der Waals surface area contributed by atoms with Crippen LogP contribution in [-0.2, 0) is 18.9 Å². The van der Waals surface area contributed by atoms with E-state index < -0.39 is 6.16 Å². The third-order valence-electron chi connectivity index (χ3n) is 4.76. The number of hydrogen-bond acceptors (Lipinski definition) is 4. The molecule has 0 atom stereocenters. The molecule has 0 N–H and O–H groups in total. The van der Waals surface area contributed by atoms with Crippen LogP contribution in [0.3, 0.4) is 0 Å². The van der Waals surface area contributed by atoms with Gasteiger partial charge in [-0.05, 0) is 25.7 Å². The molecule has 0 aromatic rings. The van der Waals surface area contributed by atoms with Crippen molar-refractivity contribution in [1.82, 2.24) is 0 Å². The molecule has 4 aliphatic rings. The molecule has 0 amide bonds. The van der Waals surface area contributed by atoms with Gasteiger partial charge >= 0.3 is 6.16 Å². The van der Waals surface area contributed by atoms with E-state index in [4.69, 9.17) is 18.9 Å². The van der Waals surface area contributed by atoms with Crippen molar-refractivity contribution in [2.24, 2.45) is 10.8 Å². The fraction of sp³-hybridized carbons (Fsp3) is 0.733. The zero-order chi connectivity index (χ0) is 12.8. The highest BCUT2D eigenvalue weighted by atomic mass is 17.0. The van der Waals surface area contributed by atoms with Gasteiger partial charge in [0.15, 0.2) is 0 Å². The summed E-state index contributed by atoms with van der Waals surface area (Å²) in [6.45, 7) is 2.58. The number of rotatable bonds is 0. The molecule has 2 heterocycles. The van der Waals surface area contributed by atoms with Crippen LogP contribution in [0, 0.1) is 10.8 Å². The Bertz CT molecular complexity index is 346. The van der Waals surface area contributed by atoms with Crippen molar-refractivity contribution in [3.05, 3.63) is 24.3 Å². The van der Waals surface area contributed by atoms with E-state index in [2.05, 4.69) is 24.3 Å². The third kappa shape index (κ3) is 1.98. The maximum Gasteiger partial charge on any atom is 0.412 e. The second-order valence-corrected chi connectivity index (χ2v) is 6.41. The predicted octanol–water partition coefficient (Wildman–Crippen LogP) is 2.36. The van der Waals surface area contributed by atoms with Gasteiger partial charge in [-0.15, -0.1) is 0 Å². The van der Waals surface area contributed by atoms with Gasteiger partial charge in [0, 0.05) is 10.8 Å². The smallest absolute Gasteiger partial charge is 0.303 e. The summed E-state index contributed by atoms with van der Waals surface area (Å²) < 4.78 is 23.3. The monoisotopic (exact) mass is 264 g/mol. The predicted molar refractivity (Wildman–Crippen MR) is 68.2 cm³/mol. The lowest BCUT2D eigenvalue weighted by Gasteiger charge is -2.48. The topological polar surface area (TPSA) is 36.9 Å². The number of ether oxygens (including phenoxy) is 4. The molecule has 2 fully saturated rings. The molecular weight excluding hydrogens is 244 g/mol. The van der Waals surface area contributed by atoms with E-state index in [1.54, 1.807) is 0 Å². The van der Waals surface area contributed by atoms with Crippen molar-refractivity contribution >= 4 is 0 Å². The van der Waals surface area contributed by atoms with Crippen LogP contribution < -0.4 is 0 Å². The first-order valence-electron chi connectivity index (χ1n) is 7.10. The van der Waals surface area contributed by atoms with E-state index in [1.165, 1.54) is 0 Å². The van der Waals surface area contributed by atoms with Crippen LogP contribution in [0.5, 0.6) is 0 Å². The molecule has 2 aliphatic carbocycles. The van der Waals surface area contributed by atoms with Gasteiger partial charge in [0.25, 0.3) is 0 Å². The van der Waals surface area contributed by atoms with Gasteiger partial charge < -0.3 is 18.9 Å². The molecule has 19 heavy (non-hydrogen) atoms. The SMILES string of the molecule is C1=CCC2(C1)COC1(OC2)OCC2(CC=CC2)CO1. The van der Waals surface area contributed by atoms with Crippen LogP contribution in [0.15, 0.2) is 24.3 Å². The second-order valence-electron chi connectivity index (χ2n) is 6.41. The first-order valence-corrected chi connectivity index (χ1v) is 7.10. The zero-order valence-corrected chi connectivity index (χ0v) is 11.1. The van der Waals surface area contributed by atoms with E-state index in [0.717, 1.165) is 25.7 Å². The van der Waals surface area contributed by atoms with E-state index in [0.29, 0.717) is 26.4 Å². The van der Waals surface area contributed by atoms with Gasteiger partial charge in [0.05, 0.1) is 26.4 Å². The first-order chi connectivity index (χ1) is 9.24. The van der Waals surface area contributed by atoms with E-state index in [-0.39, 0.29) is 10.8 Å². The molecule has 0 bridgehead atoms. The van der Waals surface area contributed by atoms with Crippen molar-refractivity contribution in [3.63, 3.8) is 0 Å². The van der Waals surface area contributed by atoms with Crippen LogP contribution in [0.4, 0.5) is 0 Å². The molecule has 3 spiro atoms. The van der Waals surface area contributed by atoms with Gasteiger partial charge in [0.1, 0.15) is 0 Å². The average molecular weight is 264 g/mol. The minimum atomic E-state index is -1.23. The van der Waals surface area contributed by atoms with Gasteiger partial charge in [-0.2, -0.15) is 0 Å². The fourth-order valence-corrected chi connectivity index (χ4v) is 3.27. The van der Waals surface area contributed by atoms with Crippen LogP contribution in [0.1, 0.15) is 25.7 Å². The highest BCUT2D eigenvalue weighted by molar-refractivity contribution is 5.05. The lowest BCUT2D eigenvalue weighted by molar-refractivity contribution is -0.546. The average Bonchev–Trinajstić information content (AvgIpc) is 3.09. The minimum Gasteiger partial charge on any atom is -0.303 e. The van der Waals surface area contributed by atoms with Gasteiger partial charge in [0.2, 0.25) is 0 Å². The Labute approximate surface area is 113 Å². The zero-order valence-electron chi connectivity index (χ0n) is 11.1. The lowest BCUT2D eigenvalue weighted by atomic mass is 9.86. The summed E-state index contributed by atoms with van der Waals surface area (Å²) in [5, 5.41) is 0. The summed E-state index contributed by atoms with van der Waals surface area (Å²) in [6.07, 6.45) is 11.7. The molecule has 0 unspecified atom stereocenters. The summed E-state index contributed by atoms with van der Waals surface area (Å²) >= 11 is 0. The summed E-state index contributed by atoms with van der Waals surface area (Å²) in [4.78, 5) is 0. The Morgan fingerprint density at radius 3 is 1.16 bits per heavy atom. The quantitative estimate of drug-likeness (QED) is 0.629. The van der Waals surface area contributed by atoms with Gasteiger partial charge in [-0.1, -0.05) is 24.3 Å². The molecule has 104 valence electrons. The van der Waals surface area contributed by atoms with Crippen molar-refractivity contribution < 1.29 is 18.9 Å². The molecule has 0 radical (unpaired) electrons. The highest BCUT2D eigenvalue weighted by Crippen LogP contribution is 2.45. The summed E-state index contributed by atoms with van der Waals surface area (Å²) in [5.74, 6) is 0. The highest BCUT2D eigenvalue weighted by Gasteiger charge is 2.52. The third-order valence-corrected chi connectivity index (χ3v) is 4.76. The second kappa shape index (κ2) is 4.16. The Kier molecular flexibility index (Phi) is 2.64. The van der Waals surface area contributed by atoms with Crippen molar-refractivity contribution in [3.8, 4) is 0 Å². The van der Waals surface area contributed by atoms with Crippen molar-refractivity contribution in [2.45, 2.75) is 31.8 Å². The van der Waals surface area contributed by atoms with Crippen molar-refractivity contribution in [1.29, 1.82) is 0 Å². The van der Waals surface area contributed by atoms with Crippen LogP contribution >= 0.6 is 0 Å². The van der Waals surface area contributed by atoms with Crippen LogP contribution in [-0.4, -0.2) is 32.6 Å². The Morgan fingerprint density at radius 1 is 0.526 bits per heavy atom. The molecule has 0 saturated carbocycles. The van der Waals surface area contributed by atoms with E-state index in [9.17, 15) is 0 Å². The summed E-state index contributed by atoms with van der Waals surface area (Å²) in [5.41, 5.74) is 0.226. The molecule has 2 saturated heterocycles. The molecule has 0 aromatic carbocycles. The van der Waals surface area contributed by atoms with Crippen LogP contribution in [0.25, 0.3) is 0 Å². The lowest BCUT2D eigenvalue weighted by Crippen LogP contribution is -2.57. The molecule has 0 aromatic heterocycles. The summed E-state index contributed by atoms with van der Waals surface area (Å²) in [6, 6.07) is 0. The first kappa shape index (κ1) is 12.1. The maximum atomic E-state index is 5.82. The van der Waals surface area contributed by atoms with E-state index >= 15 is 0 Å². The maximum absolute atomic E-state index is 5.82. The Morgan fingerprint density at radius 2 is 0.842 bits per heavy atom. The van der Waals surface area contributed by atoms with E-state index in [1.807, 2.05) is 0 Å². The number of allylic oxidation sites excluding steroid dienone is 4.